The van der Waals surface area contributed by atoms with E-state index in [9.17, 15) is 23.1 Å². The van der Waals surface area contributed by atoms with Gasteiger partial charge in [-0.3, -0.25) is 9.78 Å². The molecule has 0 saturated carbocycles. The van der Waals surface area contributed by atoms with Gasteiger partial charge in [0.15, 0.2) is 0 Å². The topological polar surface area (TPSA) is 87.6 Å². The monoisotopic (exact) mass is 458 g/mol. The highest BCUT2D eigenvalue weighted by Gasteiger charge is 2.31. The Labute approximate surface area is 187 Å². The molecule has 0 aliphatic carbocycles. The van der Waals surface area contributed by atoms with Gasteiger partial charge in [-0.1, -0.05) is 6.07 Å². The number of benzene rings is 1. The average molecular weight is 458 g/mol. The first-order valence-electron chi connectivity index (χ1n) is 10.2. The molecule has 0 bridgehead atoms. The van der Waals surface area contributed by atoms with E-state index in [4.69, 9.17) is 0 Å². The third-order valence-electron chi connectivity index (χ3n) is 5.21. The van der Waals surface area contributed by atoms with Crippen LogP contribution >= 0.6 is 0 Å². The lowest BCUT2D eigenvalue weighted by Crippen LogP contribution is -2.49. The quantitative estimate of drug-likeness (QED) is 0.580. The maximum absolute atomic E-state index is 12.8. The molecule has 3 heterocycles. The first kappa shape index (κ1) is 22.5. The molecule has 10 heteroatoms. The minimum Gasteiger partial charge on any atom is -0.406 e. The van der Waals surface area contributed by atoms with Crippen molar-refractivity contribution in [2.75, 3.05) is 29.9 Å². The zero-order valence-electron chi connectivity index (χ0n) is 17.6. The second-order valence-corrected chi connectivity index (χ2v) is 7.76. The van der Waals surface area contributed by atoms with Gasteiger partial charge in [-0.05, 0) is 43.3 Å². The lowest BCUT2D eigenvalue weighted by Gasteiger charge is -2.40. The molecule has 172 valence electrons. The highest BCUT2D eigenvalue weighted by Crippen LogP contribution is 2.34. The predicted octanol–water partition coefficient (Wildman–Crippen LogP) is 4.03. The summed E-state index contributed by atoms with van der Waals surface area (Å²) >= 11 is 0. The number of carbonyl (C=O) groups excluding carboxylic acids is 1. The summed E-state index contributed by atoms with van der Waals surface area (Å²) in [5, 5.41) is 12.0. The fourth-order valence-electron chi connectivity index (χ4n) is 3.47. The number of ether oxygens (including phenoxy) is 1. The SMILES string of the molecule is Cc1ccc(-c2cc(C(=O)Nc3ccc(OC(F)(F)F)cc3)cnc2N2CC(CO)C2)cn1. The standard InChI is InChI=1S/C23H21F3N4O3/c1-14-2-3-16(9-27-14)20-8-17(10-28-21(20)30-11-15(12-30)13-31)22(32)29-18-4-6-19(7-5-18)33-23(24,25)26/h2-10,15,31H,11-13H2,1H3,(H,29,32). The molecule has 0 radical (unpaired) electrons. The van der Waals surface area contributed by atoms with Crippen LogP contribution in [0.5, 0.6) is 5.75 Å². The number of anilines is 2. The summed E-state index contributed by atoms with van der Waals surface area (Å²) in [7, 11) is 0. The molecular weight excluding hydrogens is 437 g/mol. The number of alkyl halides is 3. The number of aliphatic hydroxyl groups excluding tert-OH is 1. The first-order chi connectivity index (χ1) is 15.7. The van der Waals surface area contributed by atoms with Crippen molar-refractivity contribution in [1.82, 2.24) is 9.97 Å². The van der Waals surface area contributed by atoms with E-state index in [0.717, 1.165) is 29.0 Å². The second kappa shape index (κ2) is 9.07. The summed E-state index contributed by atoms with van der Waals surface area (Å²) in [5.41, 5.74) is 2.96. The fourth-order valence-corrected chi connectivity index (χ4v) is 3.47. The van der Waals surface area contributed by atoms with Crippen molar-refractivity contribution in [1.29, 1.82) is 0 Å². The molecule has 1 fully saturated rings. The smallest absolute Gasteiger partial charge is 0.406 e. The number of aliphatic hydroxyl groups is 1. The molecule has 1 aliphatic heterocycles. The van der Waals surface area contributed by atoms with Gasteiger partial charge in [0, 0.05) is 60.5 Å². The molecule has 1 amide bonds. The van der Waals surface area contributed by atoms with Gasteiger partial charge in [-0.2, -0.15) is 0 Å². The number of nitrogens with zero attached hydrogens (tertiary/aromatic N) is 3. The molecule has 4 rings (SSSR count). The maximum Gasteiger partial charge on any atom is 0.573 e. The fraction of sp³-hybridized carbons (Fsp3) is 0.261. The minimum atomic E-state index is -4.78. The van der Waals surface area contributed by atoms with Crippen LogP contribution < -0.4 is 15.0 Å². The molecule has 0 spiro atoms. The third kappa shape index (κ3) is 5.40. The number of rotatable bonds is 6. The number of carbonyl (C=O) groups is 1. The number of aromatic nitrogens is 2. The zero-order valence-corrected chi connectivity index (χ0v) is 17.6. The van der Waals surface area contributed by atoms with E-state index >= 15 is 0 Å². The van der Waals surface area contributed by atoms with E-state index in [1.165, 1.54) is 18.3 Å². The maximum atomic E-state index is 12.8. The highest BCUT2D eigenvalue weighted by molar-refractivity contribution is 6.05. The van der Waals surface area contributed by atoms with Crippen molar-refractivity contribution < 1.29 is 27.8 Å². The van der Waals surface area contributed by atoms with Crippen molar-refractivity contribution >= 4 is 17.4 Å². The largest absolute Gasteiger partial charge is 0.573 e. The van der Waals surface area contributed by atoms with Crippen molar-refractivity contribution in [3.05, 3.63) is 66.1 Å². The Morgan fingerprint density at radius 3 is 2.48 bits per heavy atom. The Kier molecular flexibility index (Phi) is 6.19. The van der Waals surface area contributed by atoms with Gasteiger partial charge >= 0.3 is 6.36 Å². The molecule has 1 saturated heterocycles. The molecule has 33 heavy (non-hydrogen) atoms. The van der Waals surface area contributed by atoms with Crippen LogP contribution in [0.15, 0.2) is 54.9 Å². The molecule has 2 aromatic heterocycles. The second-order valence-electron chi connectivity index (χ2n) is 7.76. The normalized spacial score (nSPS) is 14.0. The molecule has 3 aromatic rings. The van der Waals surface area contributed by atoms with Crippen molar-refractivity contribution in [3.8, 4) is 16.9 Å². The van der Waals surface area contributed by atoms with Crippen LogP contribution in [0, 0.1) is 12.8 Å². The number of pyridine rings is 2. The summed E-state index contributed by atoms with van der Waals surface area (Å²) in [6, 6.07) is 10.3. The number of aryl methyl sites for hydroxylation is 1. The van der Waals surface area contributed by atoms with Gasteiger partial charge in [0.1, 0.15) is 11.6 Å². The van der Waals surface area contributed by atoms with E-state index in [1.807, 2.05) is 24.0 Å². The molecule has 1 aromatic carbocycles. The number of hydrogen-bond acceptors (Lipinski definition) is 6. The number of amides is 1. The summed E-state index contributed by atoms with van der Waals surface area (Å²) in [4.78, 5) is 23.7. The van der Waals surface area contributed by atoms with Crippen LogP contribution in [0.3, 0.4) is 0 Å². The zero-order chi connectivity index (χ0) is 23.6. The van der Waals surface area contributed by atoms with E-state index in [1.54, 1.807) is 12.3 Å². The van der Waals surface area contributed by atoms with Gasteiger partial charge < -0.3 is 20.1 Å². The summed E-state index contributed by atoms with van der Waals surface area (Å²) < 4.78 is 40.8. The third-order valence-corrected chi connectivity index (χ3v) is 5.21. The number of halogens is 3. The Morgan fingerprint density at radius 1 is 1.15 bits per heavy atom. The minimum absolute atomic E-state index is 0.102. The van der Waals surface area contributed by atoms with Crippen molar-refractivity contribution in [2.45, 2.75) is 13.3 Å². The van der Waals surface area contributed by atoms with Crippen LogP contribution in [0.4, 0.5) is 24.7 Å². The summed E-state index contributed by atoms with van der Waals surface area (Å²) in [5.74, 6) is 0.0340. The van der Waals surface area contributed by atoms with Crippen molar-refractivity contribution in [2.24, 2.45) is 5.92 Å². The Balaban J connectivity index is 1.56. The van der Waals surface area contributed by atoms with Crippen LogP contribution in [-0.4, -0.2) is 47.0 Å². The number of nitrogens with one attached hydrogen (secondary N) is 1. The lowest BCUT2D eigenvalue weighted by atomic mass is 9.98. The average Bonchev–Trinajstić information content (AvgIpc) is 2.74. The summed E-state index contributed by atoms with van der Waals surface area (Å²) in [6.45, 7) is 3.30. The molecular formula is C23H21F3N4O3. The molecule has 2 N–H and O–H groups in total. The van der Waals surface area contributed by atoms with Crippen LogP contribution in [-0.2, 0) is 0 Å². The Morgan fingerprint density at radius 2 is 1.88 bits per heavy atom. The van der Waals surface area contributed by atoms with Gasteiger partial charge in [-0.25, -0.2) is 4.98 Å². The van der Waals surface area contributed by atoms with Gasteiger partial charge in [-0.15, -0.1) is 13.2 Å². The summed E-state index contributed by atoms with van der Waals surface area (Å²) in [6.07, 6.45) is -1.63. The molecule has 7 nitrogen and oxygen atoms in total. The van der Waals surface area contributed by atoms with E-state index in [-0.39, 0.29) is 23.8 Å². The molecule has 1 aliphatic rings. The molecule has 0 atom stereocenters. The van der Waals surface area contributed by atoms with Crippen LogP contribution in [0.25, 0.3) is 11.1 Å². The van der Waals surface area contributed by atoms with Gasteiger partial charge in [0.05, 0.1) is 5.56 Å². The van der Waals surface area contributed by atoms with Crippen LogP contribution in [0.1, 0.15) is 16.1 Å². The van der Waals surface area contributed by atoms with Gasteiger partial charge in [0.25, 0.3) is 5.91 Å². The Hall–Kier alpha value is -3.66. The van der Waals surface area contributed by atoms with E-state index < -0.39 is 12.3 Å². The van der Waals surface area contributed by atoms with E-state index in [2.05, 4.69) is 20.0 Å². The number of hydrogen-bond donors (Lipinski definition) is 2. The highest BCUT2D eigenvalue weighted by atomic mass is 19.4. The first-order valence-corrected chi connectivity index (χ1v) is 10.2. The Bertz CT molecular complexity index is 1130. The predicted molar refractivity (Wildman–Crippen MR) is 116 cm³/mol. The van der Waals surface area contributed by atoms with Crippen LogP contribution in [0.2, 0.25) is 0 Å². The van der Waals surface area contributed by atoms with Gasteiger partial charge in [0.2, 0.25) is 0 Å². The molecule has 0 unspecified atom stereocenters. The van der Waals surface area contributed by atoms with E-state index in [0.29, 0.717) is 24.6 Å². The lowest BCUT2D eigenvalue weighted by molar-refractivity contribution is -0.274. The van der Waals surface area contributed by atoms with Crippen molar-refractivity contribution in [3.63, 3.8) is 0 Å².